The van der Waals surface area contributed by atoms with Crippen LogP contribution in [0, 0.1) is 0 Å². The number of halogens is 1. The molecule has 2 aromatic rings. The molecule has 1 saturated carbocycles. The molecule has 0 heterocycles. The molecule has 0 atom stereocenters. The smallest absolute Gasteiger partial charge is 0.191 e. The quantitative estimate of drug-likeness (QED) is 0.429. The van der Waals surface area contributed by atoms with Crippen molar-refractivity contribution in [3.63, 3.8) is 0 Å². The Morgan fingerprint density at radius 3 is 2.54 bits per heavy atom. The van der Waals surface area contributed by atoms with Crippen molar-refractivity contribution in [1.29, 1.82) is 0 Å². The van der Waals surface area contributed by atoms with Gasteiger partial charge in [0.1, 0.15) is 5.75 Å². The number of hydrogen-bond donors (Lipinski definition) is 2. The zero-order chi connectivity index (χ0) is 16.1. The van der Waals surface area contributed by atoms with Gasteiger partial charge in [-0.2, -0.15) is 0 Å². The highest BCUT2D eigenvalue weighted by molar-refractivity contribution is 14.0. The Balaban J connectivity index is 0.00000208. The number of guanidine groups is 1. The number of aliphatic imine (C=N–C) groups is 1. The lowest BCUT2D eigenvalue weighted by atomic mass is 10.1. The summed E-state index contributed by atoms with van der Waals surface area (Å²) in [5.74, 6) is 1.79. The molecule has 0 aromatic heterocycles. The predicted octanol–water partition coefficient (Wildman–Crippen LogP) is 4.07. The molecule has 0 radical (unpaired) electrons. The fraction of sp³-hybridized carbons (Fsp3) is 0.421. The lowest BCUT2D eigenvalue weighted by Gasteiger charge is -2.17. The highest BCUT2D eigenvalue weighted by atomic mass is 127. The molecule has 4 nitrogen and oxygen atoms in total. The highest BCUT2D eigenvalue weighted by Crippen LogP contribution is 2.22. The first-order chi connectivity index (χ1) is 11.3. The molecule has 1 aliphatic rings. The summed E-state index contributed by atoms with van der Waals surface area (Å²) in [7, 11) is 3.53. The second-order valence-electron chi connectivity index (χ2n) is 6.10. The largest absolute Gasteiger partial charge is 0.497 e. The monoisotopic (exact) mass is 439 g/mol. The number of methoxy groups -OCH3 is 1. The van der Waals surface area contributed by atoms with Crippen molar-refractivity contribution in [3.8, 4) is 5.75 Å². The van der Waals surface area contributed by atoms with Crippen LogP contribution < -0.4 is 15.4 Å². The van der Waals surface area contributed by atoms with Crippen molar-refractivity contribution in [3.05, 3.63) is 42.0 Å². The number of nitrogens with zero attached hydrogens (tertiary/aromatic N) is 1. The van der Waals surface area contributed by atoms with Gasteiger partial charge < -0.3 is 15.4 Å². The van der Waals surface area contributed by atoms with Gasteiger partial charge in [0.05, 0.1) is 7.11 Å². The van der Waals surface area contributed by atoms with E-state index in [0.717, 1.165) is 18.3 Å². The first kappa shape index (κ1) is 18.8. The van der Waals surface area contributed by atoms with E-state index >= 15 is 0 Å². The summed E-state index contributed by atoms with van der Waals surface area (Å²) >= 11 is 0. The number of rotatable bonds is 4. The molecule has 0 spiro atoms. The first-order valence-electron chi connectivity index (χ1n) is 8.32. The molecule has 0 bridgehead atoms. The SMILES string of the molecule is CN=C(NCc1ccc2cc(OC)ccc2c1)NC1CCCC1.I. The third kappa shape index (κ3) is 4.75. The summed E-state index contributed by atoms with van der Waals surface area (Å²) < 4.78 is 5.27. The number of nitrogens with one attached hydrogen (secondary N) is 2. The summed E-state index contributed by atoms with van der Waals surface area (Å²) in [6.45, 7) is 0.772. The summed E-state index contributed by atoms with van der Waals surface area (Å²) in [4.78, 5) is 4.33. The Kier molecular flexibility index (Phi) is 7.15. The third-order valence-electron chi connectivity index (χ3n) is 4.49. The molecule has 24 heavy (non-hydrogen) atoms. The molecule has 2 aromatic carbocycles. The van der Waals surface area contributed by atoms with Crippen LogP contribution in [-0.2, 0) is 6.54 Å². The Labute approximate surface area is 161 Å². The van der Waals surface area contributed by atoms with Crippen LogP contribution in [0.25, 0.3) is 10.8 Å². The van der Waals surface area contributed by atoms with Crippen LogP contribution in [0.1, 0.15) is 31.2 Å². The second kappa shape index (κ2) is 9.11. The molecule has 3 rings (SSSR count). The lowest BCUT2D eigenvalue weighted by Crippen LogP contribution is -2.41. The number of hydrogen-bond acceptors (Lipinski definition) is 2. The van der Waals surface area contributed by atoms with Crippen LogP contribution in [0.4, 0.5) is 0 Å². The minimum absolute atomic E-state index is 0. The minimum atomic E-state index is 0. The maximum atomic E-state index is 5.27. The third-order valence-corrected chi connectivity index (χ3v) is 4.49. The summed E-state index contributed by atoms with van der Waals surface area (Å²) in [5, 5.41) is 9.35. The van der Waals surface area contributed by atoms with Crippen LogP contribution in [-0.4, -0.2) is 26.2 Å². The van der Waals surface area contributed by atoms with Gasteiger partial charge in [0.15, 0.2) is 5.96 Å². The van der Waals surface area contributed by atoms with E-state index in [0.29, 0.717) is 6.04 Å². The Morgan fingerprint density at radius 1 is 1.12 bits per heavy atom. The fourth-order valence-electron chi connectivity index (χ4n) is 3.15. The molecular formula is C19H26IN3O. The van der Waals surface area contributed by atoms with Crippen LogP contribution in [0.2, 0.25) is 0 Å². The summed E-state index contributed by atoms with van der Waals surface area (Å²) in [6.07, 6.45) is 5.14. The number of benzene rings is 2. The lowest BCUT2D eigenvalue weighted by molar-refractivity contribution is 0.415. The topological polar surface area (TPSA) is 45.7 Å². The van der Waals surface area contributed by atoms with E-state index in [9.17, 15) is 0 Å². The molecule has 0 unspecified atom stereocenters. The van der Waals surface area contributed by atoms with E-state index in [1.165, 1.54) is 42.0 Å². The molecule has 1 aliphatic carbocycles. The van der Waals surface area contributed by atoms with Crippen molar-refractivity contribution in [2.24, 2.45) is 4.99 Å². The Morgan fingerprint density at radius 2 is 1.83 bits per heavy atom. The van der Waals surface area contributed by atoms with Gasteiger partial charge in [-0.15, -0.1) is 24.0 Å². The van der Waals surface area contributed by atoms with Crippen molar-refractivity contribution in [1.82, 2.24) is 10.6 Å². The van der Waals surface area contributed by atoms with Crippen LogP contribution in [0.15, 0.2) is 41.4 Å². The molecule has 1 fully saturated rings. The standard InChI is InChI=1S/C19H25N3O.HI/c1-20-19(22-17-5-3-4-6-17)21-13-14-7-8-16-12-18(23-2)10-9-15(16)11-14;/h7-12,17H,3-6,13H2,1-2H3,(H2,20,21,22);1H. The fourth-order valence-corrected chi connectivity index (χ4v) is 3.15. The molecule has 130 valence electrons. The van der Waals surface area contributed by atoms with Crippen molar-refractivity contribution >= 4 is 40.7 Å². The normalized spacial score (nSPS) is 15.2. The average molecular weight is 439 g/mol. The van der Waals surface area contributed by atoms with Crippen LogP contribution in [0.5, 0.6) is 5.75 Å². The second-order valence-corrected chi connectivity index (χ2v) is 6.10. The summed E-state index contributed by atoms with van der Waals surface area (Å²) in [5.41, 5.74) is 1.25. The average Bonchev–Trinajstić information content (AvgIpc) is 3.11. The molecule has 2 N–H and O–H groups in total. The molecular weight excluding hydrogens is 413 g/mol. The zero-order valence-electron chi connectivity index (χ0n) is 14.3. The van der Waals surface area contributed by atoms with E-state index < -0.39 is 0 Å². The first-order valence-corrected chi connectivity index (χ1v) is 8.32. The van der Waals surface area contributed by atoms with E-state index in [4.69, 9.17) is 4.74 Å². The van der Waals surface area contributed by atoms with E-state index in [2.05, 4.69) is 46.0 Å². The Bertz CT molecular complexity index is 696. The van der Waals surface area contributed by atoms with Gasteiger partial charge in [-0.05, 0) is 47.4 Å². The van der Waals surface area contributed by atoms with Crippen LogP contribution >= 0.6 is 24.0 Å². The van der Waals surface area contributed by atoms with Gasteiger partial charge in [-0.25, -0.2) is 0 Å². The minimum Gasteiger partial charge on any atom is -0.497 e. The number of fused-ring (bicyclic) bond motifs is 1. The van der Waals surface area contributed by atoms with Crippen LogP contribution in [0.3, 0.4) is 0 Å². The van der Waals surface area contributed by atoms with Gasteiger partial charge in [-0.3, -0.25) is 4.99 Å². The van der Waals surface area contributed by atoms with E-state index in [1.807, 2.05) is 13.1 Å². The molecule has 0 amide bonds. The van der Waals surface area contributed by atoms with Crippen molar-refractivity contribution in [2.45, 2.75) is 38.3 Å². The van der Waals surface area contributed by atoms with Gasteiger partial charge in [0, 0.05) is 19.6 Å². The van der Waals surface area contributed by atoms with Gasteiger partial charge in [0.2, 0.25) is 0 Å². The van der Waals surface area contributed by atoms with E-state index in [1.54, 1.807) is 7.11 Å². The number of ether oxygens (including phenoxy) is 1. The zero-order valence-corrected chi connectivity index (χ0v) is 16.7. The molecule has 5 heteroatoms. The Hall–Kier alpha value is -1.50. The van der Waals surface area contributed by atoms with E-state index in [-0.39, 0.29) is 24.0 Å². The predicted molar refractivity (Wildman–Crippen MR) is 112 cm³/mol. The highest BCUT2D eigenvalue weighted by Gasteiger charge is 2.15. The van der Waals surface area contributed by atoms with Crippen molar-refractivity contribution < 1.29 is 4.74 Å². The van der Waals surface area contributed by atoms with Gasteiger partial charge in [-0.1, -0.05) is 31.0 Å². The van der Waals surface area contributed by atoms with Crippen molar-refractivity contribution in [2.75, 3.05) is 14.2 Å². The maximum Gasteiger partial charge on any atom is 0.191 e. The molecule has 0 aliphatic heterocycles. The maximum absolute atomic E-state index is 5.27. The molecule has 0 saturated heterocycles. The van der Waals surface area contributed by atoms with Gasteiger partial charge in [0.25, 0.3) is 0 Å². The summed E-state index contributed by atoms with van der Waals surface area (Å²) in [6, 6.07) is 13.2. The van der Waals surface area contributed by atoms with Gasteiger partial charge >= 0.3 is 0 Å².